The standard InChI is InChI=1S/C22H38BrClO4/c1-3-4-10-13-18(16-19(25)17-24)22(27)20(23)14-11-8-6-5-7-9-12-15-21(26)28-2/h11,14,18,20,22,27H,3-10,12-13,15-17H2,1-2H3/b14-11+. The molecule has 3 unspecified atom stereocenters. The molecule has 0 aliphatic carbocycles. The van der Waals surface area contributed by atoms with Crippen molar-refractivity contribution in [2.24, 2.45) is 5.92 Å². The Morgan fingerprint density at radius 3 is 2.43 bits per heavy atom. The lowest BCUT2D eigenvalue weighted by atomic mass is 9.89. The summed E-state index contributed by atoms with van der Waals surface area (Å²) in [5, 5.41) is 10.7. The van der Waals surface area contributed by atoms with Crippen LogP contribution in [0.3, 0.4) is 0 Å². The number of alkyl halides is 2. The molecule has 3 atom stereocenters. The predicted octanol–water partition coefficient (Wildman–Crippen LogP) is 5.97. The van der Waals surface area contributed by atoms with Gasteiger partial charge in [-0.05, 0) is 31.6 Å². The van der Waals surface area contributed by atoms with Crippen molar-refractivity contribution < 1.29 is 19.4 Å². The molecule has 0 bridgehead atoms. The van der Waals surface area contributed by atoms with Gasteiger partial charge in [-0.1, -0.05) is 73.5 Å². The van der Waals surface area contributed by atoms with E-state index in [9.17, 15) is 14.7 Å². The monoisotopic (exact) mass is 480 g/mol. The number of aliphatic hydroxyl groups is 1. The summed E-state index contributed by atoms with van der Waals surface area (Å²) in [6, 6.07) is 0. The summed E-state index contributed by atoms with van der Waals surface area (Å²) in [6.45, 7) is 2.14. The summed E-state index contributed by atoms with van der Waals surface area (Å²) in [5.41, 5.74) is 0. The summed E-state index contributed by atoms with van der Waals surface area (Å²) < 4.78 is 4.62. The minimum Gasteiger partial charge on any atom is -0.469 e. The Morgan fingerprint density at radius 1 is 1.11 bits per heavy atom. The van der Waals surface area contributed by atoms with Crippen molar-refractivity contribution in [1.29, 1.82) is 0 Å². The molecule has 0 aromatic rings. The molecule has 0 saturated carbocycles. The fourth-order valence-electron chi connectivity index (χ4n) is 3.16. The molecule has 1 N–H and O–H groups in total. The van der Waals surface area contributed by atoms with Gasteiger partial charge >= 0.3 is 5.97 Å². The highest BCUT2D eigenvalue weighted by Gasteiger charge is 2.26. The molecule has 0 aromatic heterocycles. The van der Waals surface area contributed by atoms with Gasteiger partial charge in [-0.2, -0.15) is 0 Å². The van der Waals surface area contributed by atoms with E-state index in [0.717, 1.165) is 64.2 Å². The number of methoxy groups -OCH3 is 1. The van der Waals surface area contributed by atoms with Gasteiger partial charge in [0, 0.05) is 12.8 Å². The highest BCUT2D eigenvalue weighted by atomic mass is 79.9. The van der Waals surface area contributed by atoms with Crippen molar-refractivity contribution in [3.63, 3.8) is 0 Å². The van der Waals surface area contributed by atoms with Crippen LogP contribution >= 0.6 is 27.5 Å². The summed E-state index contributed by atoms with van der Waals surface area (Å²) in [6.07, 6.45) is 14.7. The first-order valence-electron chi connectivity index (χ1n) is 10.6. The minimum atomic E-state index is -0.585. The van der Waals surface area contributed by atoms with Gasteiger partial charge in [0.1, 0.15) is 5.78 Å². The van der Waals surface area contributed by atoms with Crippen LogP contribution in [0.4, 0.5) is 0 Å². The number of halogens is 2. The fourth-order valence-corrected chi connectivity index (χ4v) is 3.92. The van der Waals surface area contributed by atoms with Crippen molar-refractivity contribution in [3.05, 3.63) is 12.2 Å². The van der Waals surface area contributed by atoms with Gasteiger partial charge in [0.25, 0.3) is 0 Å². The first-order chi connectivity index (χ1) is 13.5. The highest BCUT2D eigenvalue weighted by Crippen LogP contribution is 2.25. The third-order valence-electron chi connectivity index (χ3n) is 4.93. The van der Waals surface area contributed by atoms with Gasteiger partial charge in [0.15, 0.2) is 0 Å². The molecule has 0 aromatic carbocycles. The van der Waals surface area contributed by atoms with Gasteiger partial charge in [-0.15, -0.1) is 11.6 Å². The molecule has 164 valence electrons. The zero-order valence-corrected chi connectivity index (χ0v) is 19.8. The van der Waals surface area contributed by atoms with E-state index >= 15 is 0 Å². The number of carbonyl (C=O) groups is 2. The normalized spacial score (nSPS) is 14.8. The van der Waals surface area contributed by atoms with Crippen LogP contribution in [-0.4, -0.2) is 40.8 Å². The van der Waals surface area contributed by atoms with E-state index in [1.54, 1.807) is 0 Å². The van der Waals surface area contributed by atoms with Crippen LogP contribution in [0.25, 0.3) is 0 Å². The molecule has 0 saturated heterocycles. The molecule has 0 heterocycles. The third-order valence-corrected chi connectivity index (χ3v) is 6.07. The van der Waals surface area contributed by atoms with Crippen LogP contribution in [0.1, 0.15) is 84.0 Å². The number of ether oxygens (including phenoxy) is 1. The second-order valence-electron chi connectivity index (χ2n) is 7.38. The van der Waals surface area contributed by atoms with Crippen LogP contribution in [0, 0.1) is 5.92 Å². The van der Waals surface area contributed by atoms with Crippen LogP contribution in [-0.2, 0) is 14.3 Å². The van der Waals surface area contributed by atoms with Crippen LogP contribution < -0.4 is 0 Å². The Bertz CT molecular complexity index is 442. The number of allylic oxidation sites excluding steroid dienone is 1. The van der Waals surface area contributed by atoms with Crippen molar-refractivity contribution in [2.45, 2.75) is 94.9 Å². The first-order valence-corrected chi connectivity index (χ1v) is 12.0. The van der Waals surface area contributed by atoms with Crippen molar-refractivity contribution in [3.8, 4) is 0 Å². The van der Waals surface area contributed by atoms with Gasteiger partial charge in [0.05, 0.1) is 23.9 Å². The summed E-state index contributed by atoms with van der Waals surface area (Å²) in [4.78, 5) is 22.6. The van der Waals surface area contributed by atoms with Gasteiger partial charge in [0.2, 0.25) is 0 Å². The number of aliphatic hydroxyl groups excluding tert-OH is 1. The van der Waals surface area contributed by atoms with E-state index < -0.39 is 6.10 Å². The Hall–Kier alpha value is -0.390. The minimum absolute atomic E-state index is 0.00176. The summed E-state index contributed by atoms with van der Waals surface area (Å²) in [7, 11) is 1.42. The van der Waals surface area contributed by atoms with Crippen molar-refractivity contribution in [1.82, 2.24) is 0 Å². The summed E-state index contributed by atoms with van der Waals surface area (Å²) in [5.74, 6) is -0.176. The quantitative estimate of drug-likeness (QED) is 0.113. The number of hydrogen-bond acceptors (Lipinski definition) is 4. The molecule has 0 aliphatic heterocycles. The van der Waals surface area contributed by atoms with Crippen molar-refractivity contribution in [2.75, 3.05) is 13.0 Å². The number of rotatable bonds is 18. The molecule has 0 rings (SSSR count). The lowest BCUT2D eigenvalue weighted by Gasteiger charge is -2.25. The number of unbranched alkanes of at least 4 members (excludes halogenated alkanes) is 7. The van der Waals surface area contributed by atoms with Crippen LogP contribution in [0.5, 0.6) is 0 Å². The topological polar surface area (TPSA) is 63.6 Å². The van der Waals surface area contributed by atoms with Gasteiger partial charge in [-0.3, -0.25) is 9.59 Å². The van der Waals surface area contributed by atoms with E-state index in [2.05, 4.69) is 33.7 Å². The molecule has 0 fully saturated rings. The van der Waals surface area contributed by atoms with Crippen molar-refractivity contribution >= 4 is 39.3 Å². The first kappa shape index (κ1) is 27.6. The Balaban J connectivity index is 4.13. The Morgan fingerprint density at radius 2 is 1.79 bits per heavy atom. The number of ketones is 1. The Kier molecular flexibility index (Phi) is 18.4. The molecule has 0 amide bonds. The van der Waals surface area contributed by atoms with Gasteiger partial charge in [-0.25, -0.2) is 0 Å². The molecular weight excluding hydrogens is 444 g/mol. The summed E-state index contributed by atoms with van der Waals surface area (Å²) >= 11 is 9.21. The van der Waals surface area contributed by atoms with Crippen LogP contribution in [0.2, 0.25) is 0 Å². The van der Waals surface area contributed by atoms with E-state index in [1.165, 1.54) is 7.11 Å². The average molecular weight is 482 g/mol. The molecule has 28 heavy (non-hydrogen) atoms. The second-order valence-corrected chi connectivity index (χ2v) is 8.70. The van der Waals surface area contributed by atoms with Crippen LogP contribution in [0.15, 0.2) is 12.2 Å². The molecule has 6 heteroatoms. The predicted molar refractivity (Wildman–Crippen MR) is 120 cm³/mol. The van der Waals surface area contributed by atoms with E-state index in [4.69, 9.17) is 11.6 Å². The second kappa shape index (κ2) is 18.6. The smallest absolute Gasteiger partial charge is 0.305 e. The lowest BCUT2D eigenvalue weighted by molar-refractivity contribution is -0.140. The zero-order chi connectivity index (χ0) is 21.2. The largest absolute Gasteiger partial charge is 0.469 e. The zero-order valence-electron chi connectivity index (χ0n) is 17.5. The van der Waals surface area contributed by atoms with E-state index in [-0.39, 0.29) is 28.4 Å². The maximum atomic E-state index is 11.7. The SMILES string of the molecule is CCCCCC(CC(=O)CCl)C(O)C(Br)/C=C/CCCCCCCC(=O)OC. The van der Waals surface area contributed by atoms with Gasteiger partial charge < -0.3 is 9.84 Å². The maximum absolute atomic E-state index is 11.7. The molecule has 0 aliphatic rings. The number of Topliss-reactive ketones (excluding diaryl/α,β-unsaturated/α-hetero) is 1. The Labute approximate surface area is 184 Å². The maximum Gasteiger partial charge on any atom is 0.305 e. The number of esters is 1. The number of hydrogen-bond donors (Lipinski definition) is 1. The number of carbonyl (C=O) groups excluding carboxylic acids is 2. The third kappa shape index (κ3) is 14.6. The molecule has 4 nitrogen and oxygen atoms in total. The highest BCUT2D eigenvalue weighted by molar-refractivity contribution is 9.09. The van der Waals surface area contributed by atoms with E-state index in [1.807, 2.05) is 6.08 Å². The average Bonchev–Trinajstić information content (AvgIpc) is 2.70. The molecule has 0 spiro atoms. The fraction of sp³-hybridized carbons (Fsp3) is 0.818. The molecule has 0 radical (unpaired) electrons. The van der Waals surface area contributed by atoms with E-state index in [0.29, 0.717) is 12.8 Å². The lowest BCUT2D eigenvalue weighted by Crippen LogP contribution is -2.30. The molecular formula is C22H38BrClO4.